The lowest BCUT2D eigenvalue weighted by molar-refractivity contribution is 0.0736. The van der Waals surface area contributed by atoms with Crippen molar-refractivity contribution in [3.63, 3.8) is 0 Å². The standard InChI is InChI=1S/C12H15NO3S/c14-17(15,13-7-9-16-10-8-13)11-6-12-4-2-1-3-5-12/h1-6,11H,7-10H2. The number of morpholine rings is 1. The van der Waals surface area contributed by atoms with Crippen LogP contribution in [0, 0.1) is 0 Å². The van der Waals surface area contributed by atoms with Gasteiger partial charge in [-0.3, -0.25) is 0 Å². The summed E-state index contributed by atoms with van der Waals surface area (Å²) in [6.45, 7) is 1.81. The van der Waals surface area contributed by atoms with E-state index in [9.17, 15) is 8.42 Å². The minimum Gasteiger partial charge on any atom is -0.379 e. The number of benzene rings is 1. The molecule has 1 heterocycles. The Morgan fingerprint density at radius 1 is 1.12 bits per heavy atom. The molecule has 5 heteroatoms. The summed E-state index contributed by atoms with van der Waals surface area (Å²) in [4.78, 5) is 0. The molecule has 1 aliphatic rings. The third-order valence-electron chi connectivity index (χ3n) is 2.56. The Kier molecular flexibility index (Phi) is 3.93. The Balaban J connectivity index is 2.09. The minimum absolute atomic E-state index is 0.432. The Hall–Kier alpha value is -1.17. The summed E-state index contributed by atoms with van der Waals surface area (Å²) in [5.41, 5.74) is 0.879. The highest BCUT2D eigenvalue weighted by Crippen LogP contribution is 2.09. The zero-order valence-corrected chi connectivity index (χ0v) is 10.3. The highest BCUT2D eigenvalue weighted by molar-refractivity contribution is 7.92. The summed E-state index contributed by atoms with van der Waals surface area (Å²) in [7, 11) is -3.31. The average molecular weight is 253 g/mol. The van der Waals surface area contributed by atoms with E-state index in [2.05, 4.69) is 0 Å². The van der Waals surface area contributed by atoms with Crippen molar-refractivity contribution in [2.24, 2.45) is 0 Å². The van der Waals surface area contributed by atoms with Crippen molar-refractivity contribution in [2.75, 3.05) is 26.3 Å². The summed E-state index contributed by atoms with van der Waals surface area (Å²) in [5.74, 6) is 0. The van der Waals surface area contributed by atoms with E-state index in [1.54, 1.807) is 6.08 Å². The summed E-state index contributed by atoms with van der Waals surface area (Å²) in [5, 5.41) is 1.26. The van der Waals surface area contributed by atoms with E-state index in [4.69, 9.17) is 4.74 Å². The van der Waals surface area contributed by atoms with Gasteiger partial charge in [-0.1, -0.05) is 30.3 Å². The van der Waals surface area contributed by atoms with Gasteiger partial charge in [-0.2, -0.15) is 4.31 Å². The van der Waals surface area contributed by atoms with E-state index in [1.165, 1.54) is 9.71 Å². The highest BCUT2D eigenvalue weighted by Gasteiger charge is 2.21. The Labute approximate surface area is 102 Å². The fourth-order valence-electron chi connectivity index (χ4n) is 1.62. The van der Waals surface area contributed by atoms with Crippen molar-refractivity contribution in [3.8, 4) is 0 Å². The molecule has 0 bridgehead atoms. The smallest absolute Gasteiger partial charge is 0.236 e. The van der Waals surface area contributed by atoms with Gasteiger partial charge in [-0.05, 0) is 11.6 Å². The molecule has 0 aromatic heterocycles. The maximum Gasteiger partial charge on any atom is 0.236 e. The Morgan fingerprint density at radius 3 is 2.41 bits per heavy atom. The molecule has 1 saturated heterocycles. The van der Waals surface area contributed by atoms with Crippen molar-refractivity contribution in [1.82, 2.24) is 4.31 Å². The lowest BCUT2D eigenvalue weighted by atomic mass is 10.2. The topological polar surface area (TPSA) is 46.6 Å². The normalized spacial score (nSPS) is 18.6. The van der Waals surface area contributed by atoms with Gasteiger partial charge in [0, 0.05) is 18.5 Å². The van der Waals surface area contributed by atoms with Crippen LogP contribution in [0.1, 0.15) is 5.56 Å². The monoisotopic (exact) mass is 253 g/mol. The summed E-state index contributed by atoms with van der Waals surface area (Å²) < 4.78 is 30.5. The summed E-state index contributed by atoms with van der Waals surface area (Å²) in [6.07, 6.45) is 1.62. The number of rotatable bonds is 3. The first-order valence-corrected chi connectivity index (χ1v) is 7.00. The summed E-state index contributed by atoms with van der Waals surface area (Å²) in [6, 6.07) is 9.38. The summed E-state index contributed by atoms with van der Waals surface area (Å²) >= 11 is 0. The molecule has 0 amide bonds. The molecular formula is C12H15NO3S. The molecule has 0 saturated carbocycles. The predicted octanol–water partition coefficient (Wildman–Crippen LogP) is 1.32. The Morgan fingerprint density at radius 2 is 1.76 bits per heavy atom. The molecule has 1 aromatic carbocycles. The molecular weight excluding hydrogens is 238 g/mol. The predicted molar refractivity (Wildman–Crippen MR) is 66.8 cm³/mol. The van der Waals surface area contributed by atoms with E-state index in [0.29, 0.717) is 26.3 Å². The number of nitrogens with zero attached hydrogens (tertiary/aromatic N) is 1. The zero-order valence-electron chi connectivity index (χ0n) is 9.45. The molecule has 0 aliphatic carbocycles. The average Bonchev–Trinajstić information content (AvgIpc) is 2.39. The second-order valence-electron chi connectivity index (χ2n) is 3.77. The molecule has 1 aromatic rings. The van der Waals surface area contributed by atoms with Gasteiger partial charge in [0.2, 0.25) is 10.0 Å². The van der Waals surface area contributed by atoms with Crippen molar-refractivity contribution < 1.29 is 13.2 Å². The molecule has 0 atom stereocenters. The Bertz CT molecular complexity index is 476. The number of sulfonamides is 1. The van der Waals surface area contributed by atoms with E-state index in [1.807, 2.05) is 30.3 Å². The van der Waals surface area contributed by atoms with E-state index in [-0.39, 0.29) is 0 Å². The lowest BCUT2D eigenvalue weighted by Crippen LogP contribution is -2.39. The van der Waals surface area contributed by atoms with Gasteiger partial charge >= 0.3 is 0 Å². The largest absolute Gasteiger partial charge is 0.379 e. The van der Waals surface area contributed by atoms with Crippen molar-refractivity contribution in [1.29, 1.82) is 0 Å². The molecule has 0 radical (unpaired) electrons. The van der Waals surface area contributed by atoms with E-state index < -0.39 is 10.0 Å². The molecule has 92 valence electrons. The van der Waals surface area contributed by atoms with Crippen LogP contribution in [-0.4, -0.2) is 39.0 Å². The van der Waals surface area contributed by atoms with Crippen molar-refractivity contribution >= 4 is 16.1 Å². The van der Waals surface area contributed by atoms with Gasteiger partial charge in [0.15, 0.2) is 0 Å². The molecule has 17 heavy (non-hydrogen) atoms. The molecule has 0 unspecified atom stereocenters. The first kappa shape index (κ1) is 12.3. The van der Waals surface area contributed by atoms with Crippen LogP contribution in [0.15, 0.2) is 35.7 Å². The first-order valence-electron chi connectivity index (χ1n) is 5.49. The van der Waals surface area contributed by atoms with Crippen molar-refractivity contribution in [3.05, 3.63) is 41.3 Å². The van der Waals surface area contributed by atoms with Crippen molar-refractivity contribution in [2.45, 2.75) is 0 Å². The van der Waals surface area contributed by atoms with Crippen LogP contribution < -0.4 is 0 Å². The quantitative estimate of drug-likeness (QED) is 0.816. The third-order valence-corrected chi connectivity index (χ3v) is 4.13. The zero-order chi connectivity index (χ0) is 12.1. The number of ether oxygens (including phenoxy) is 1. The lowest BCUT2D eigenvalue weighted by Gasteiger charge is -2.24. The van der Waals surface area contributed by atoms with E-state index in [0.717, 1.165) is 5.56 Å². The number of hydrogen-bond acceptors (Lipinski definition) is 3. The highest BCUT2D eigenvalue weighted by atomic mass is 32.2. The number of hydrogen-bond donors (Lipinski definition) is 0. The third kappa shape index (κ3) is 3.39. The second kappa shape index (κ2) is 5.44. The molecule has 4 nitrogen and oxygen atoms in total. The van der Waals surface area contributed by atoms with Crippen LogP contribution in [0.4, 0.5) is 0 Å². The SMILES string of the molecule is O=S(=O)(C=Cc1ccccc1)N1CCOCC1. The maximum atomic E-state index is 11.9. The molecule has 0 spiro atoms. The van der Waals surface area contributed by atoms with Gasteiger partial charge in [0.05, 0.1) is 13.2 Å². The van der Waals surface area contributed by atoms with Gasteiger partial charge in [0.1, 0.15) is 0 Å². The van der Waals surface area contributed by atoms with Gasteiger partial charge in [-0.25, -0.2) is 8.42 Å². The van der Waals surface area contributed by atoms with Gasteiger partial charge in [0.25, 0.3) is 0 Å². The molecule has 2 rings (SSSR count). The van der Waals surface area contributed by atoms with Crippen LogP contribution in [0.5, 0.6) is 0 Å². The van der Waals surface area contributed by atoms with Crippen LogP contribution in [0.3, 0.4) is 0 Å². The van der Waals surface area contributed by atoms with E-state index >= 15 is 0 Å². The fraction of sp³-hybridized carbons (Fsp3) is 0.333. The van der Waals surface area contributed by atoms with Crippen LogP contribution in [-0.2, 0) is 14.8 Å². The van der Waals surface area contributed by atoms with Gasteiger partial charge in [-0.15, -0.1) is 0 Å². The van der Waals surface area contributed by atoms with Crippen LogP contribution in [0.25, 0.3) is 6.08 Å². The first-order chi connectivity index (χ1) is 8.18. The fourth-order valence-corrected chi connectivity index (χ4v) is 2.78. The molecule has 1 aliphatic heterocycles. The maximum absolute atomic E-state index is 11.9. The van der Waals surface area contributed by atoms with Crippen LogP contribution >= 0.6 is 0 Å². The van der Waals surface area contributed by atoms with Gasteiger partial charge < -0.3 is 4.74 Å². The van der Waals surface area contributed by atoms with Crippen LogP contribution in [0.2, 0.25) is 0 Å². The molecule has 0 N–H and O–H groups in total. The second-order valence-corrected chi connectivity index (χ2v) is 5.59. The minimum atomic E-state index is -3.31. The molecule has 1 fully saturated rings.